The summed E-state index contributed by atoms with van der Waals surface area (Å²) in [6, 6.07) is 15.6. The molecule has 1 atom stereocenters. The predicted octanol–water partition coefficient (Wildman–Crippen LogP) is 4.53. The number of fused-ring (bicyclic) bond motifs is 1. The number of carbonyl (C=O) groups excluding carboxylic acids is 1. The van der Waals surface area contributed by atoms with Gasteiger partial charge in [0, 0.05) is 33.0 Å². The fourth-order valence-corrected chi connectivity index (χ4v) is 7.94. The summed E-state index contributed by atoms with van der Waals surface area (Å²) >= 11 is 1.55. The molecule has 0 saturated carbocycles. The van der Waals surface area contributed by atoms with E-state index in [1.54, 1.807) is 39.6 Å². The van der Waals surface area contributed by atoms with E-state index in [4.69, 9.17) is 0 Å². The highest BCUT2D eigenvalue weighted by Gasteiger charge is 2.38. The summed E-state index contributed by atoms with van der Waals surface area (Å²) in [5, 5.41) is 10.6. The van der Waals surface area contributed by atoms with E-state index >= 15 is 0 Å². The van der Waals surface area contributed by atoms with Gasteiger partial charge in [0.1, 0.15) is 10.0 Å². The van der Waals surface area contributed by atoms with Gasteiger partial charge in [0.25, 0.3) is 0 Å². The number of aryl methyl sites for hydroxylation is 2. The lowest BCUT2D eigenvalue weighted by molar-refractivity contribution is -0.129. The molecule has 0 N–H and O–H groups in total. The van der Waals surface area contributed by atoms with Crippen molar-refractivity contribution >= 4 is 27.3 Å². The SMILES string of the molecule is CC(=O)N1CCc2ccc(S(=O)(=O)N3CCCC3c3nnc(CCCCc4ccccc4)s3)cc2C1. The van der Waals surface area contributed by atoms with E-state index < -0.39 is 10.0 Å². The maximum atomic E-state index is 13.7. The molecule has 5 rings (SSSR count). The number of hydrogen-bond acceptors (Lipinski definition) is 6. The molecular weight excluding hydrogens is 492 g/mol. The van der Waals surface area contributed by atoms with Crippen LogP contribution < -0.4 is 0 Å². The molecule has 0 bridgehead atoms. The van der Waals surface area contributed by atoms with Crippen molar-refractivity contribution in [3.8, 4) is 0 Å². The van der Waals surface area contributed by atoms with Gasteiger partial charge in [-0.3, -0.25) is 4.79 Å². The molecule has 1 fully saturated rings. The number of benzene rings is 2. The number of hydrogen-bond donors (Lipinski definition) is 0. The Morgan fingerprint density at radius 1 is 1.03 bits per heavy atom. The van der Waals surface area contributed by atoms with E-state index in [1.165, 1.54) is 5.56 Å². The molecule has 0 aliphatic carbocycles. The van der Waals surface area contributed by atoms with E-state index in [0.717, 1.165) is 66.1 Å². The molecule has 7 nitrogen and oxygen atoms in total. The van der Waals surface area contributed by atoms with Gasteiger partial charge in [0.2, 0.25) is 15.9 Å². The number of unbranched alkanes of at least 4 members (excludes halogenated alkanes) is 1. The molecule has 1 saturated heterocycles. The first-order chi connectivity index (χ1) is 17.4. The first kappa shape index (κ1) is 25.0. The molecule has 2 aliphatic rings. The minimum Gasteiger partial charge on any atom is -0.338 e. The zero-order valence-corrected chi connectivity index (χ0v) is 22.2. The highest BCUT2D eigenvalue weighted by molar-refractivity contribution is 7.89. The number of carbonyl (C=O) groups is 1. The molecule has 2 aromatic carbocycles. The summed E-state index contributed by atoms with van der Waals surface area (Å²) in [6.45, 7) is 3.17. The van der Waals surface area contributed by atoms with Gasteiger partial charge in [-0.15, -0.1) is 10.2 Å². The van der Waals surface area contributed by atoms with Crippen molar-refractivity contribution in [3.63, 3.8) is 0 Å². The quantitative estimate of drug-likeness (QED) is 0.404. The Balaban J connectivity index is 1.26. The number of aromatic nitrogens is 2. The Hall–Kier alpha value is -2.62. The van der Waals surface area contributed by atoms with Crippen LogP contribution in [-0.4, -0.2) is 46.8 Å². The largest absolute Gasteiger partial charge is 0.338 e. The highest BCUT2D eigenvalue weighted by Crippen LogP contribution is 2.38. The van der Waals surface area contributed by atoms with Crippen LogP contribution in [0.3, 0.4) is 0 Å². The van der Waals surface area contributed by atoms with Crippen molar-refractivity contribution in [2.24, 2.45) is 0 Å². The summed E-state index contributed by atoms with van der Waals surface area (Å²) in [5.41, 5.74) is 3.38. The van der Waals surface area contributed by atoms with Crippen LogP contribution in [0.15, 0.2) is 53.4 Å². The van der Waals surface area contributed by atoms with E-state index in [-0.39, 0.29) is 11.9 Å². The van der Waals surface area contributed by atoms with Crippen LogP contribution in [0, 0.1) is 0 Å². The molecule has 2 aliphatic heterocycles. The van der Waals surface area contributed by atoms with Gasteiger partial charge in [0.05, 0.1) is 10.9 Å². The summed E-state index contributed by atoms with van der Waals surface area (Å²) in [7, 11) is -3.68. The van der Waals surface area contributed by atoms with Gasteiger partial charge in [0.15, 0.2) is 0 Å². The van der Waals surface area contributed by atoms with Crippen molar-refractivity contribution in [3.05, 3.63) is 75.2 Å². The van der Waals surface area contributed by atoms with E-state index in [2.05, 4.69) is 34.5 Å². The Morgan fingerprint density at radius 2 is 1.83 bits per heavy atom. The second kappa shape index (κ2) is 10.8. The minimum atomic E-state index is -3.68. The molecular formula is C27H32N4O3S2. The van der Waals surface area contributed by atoms with Crippen LogP contribution in [0.5, 0.6) is 0 Å². The molecule has 3 aromatic rings. The molecule has 0 radical (unpaired) electrons. The normalized spacial score (nSPS) is 18.4. The van der Waals surface area contributed by atoms with E-state index in [9.17, 15) is 13.2 Å². The average Bonchev–Trinajstić information content (AvgIpc) is 3.57. The summed E-state index contributed by atoms with van der Waals surface area (Å²) < 4.78 is 28.9. The van der Waals surface area contributed by atoms with Crippen LogP contribution in [-0.2, 0) is 40.6 Å². The van der Waals surface area contributed by atoms with Crippen molar-refractivity contribution in [2.45, 2.75) is 69.4 Å². The molecule has 9 heteroatoms. The molecule has 36 heavy (non-hydrogen) atoms. The van der Waals surface area contributed by atoms with Gasteiger partial charge >= 0.3 is 0 Å². The Morgan fingerprint density at radius 3 is 2.64 bits per heavy atom. The standard InChI is InChI=1S/C27H32N4O3S2/c1-20(32)30-17-15-22-13-14-24(18-23(22)19-30)36(33,34)31-16-7-11-25(31)27-29-28-26(35-27)12-6-5-10-21-8-3-2-4-9-21/h2-4,8-9,13-14,18,25H,5-7,10-12,15-17,19H2,1H3. The Labute approximate surface area is 217 Å². The van der Waals surface area contributed by atoms with Crippen molar-refractivity contribution in [2.75, 3.05) is 13.1 Å². The first-order valence-corrected chi connectivity index (χ1v) is 14.9. The maximum absolute atomic E-state index is 13.7. The van der Waals surface area contributed by atoms with Gasteiger partial charge in [-0.05, 0) is 67.3 Å². The van der Waals surface area contributed by atoms with Crippen molar-refractivity contribution in [1.82, 2.24) is 19.4 Å². The third-order valence-electron chi connectivity index (χ3n) is 7.16. The van der Waals surface area contributed by atoms with Crippen LogP contribution in [0.25, 0.3) is 0 Å². The molecule has 0 spiro atoms. The fourth-order valence-electron chi connectivity index (χ4n) is 5.13. The average molecular weight is 525 g/mol. The molecule has 190 valence electrons. The lowest BCUT2D eigenvalue weighted by atomic mass is 10.00. The molecule has 1 amide bonds. The monoisotopic (exact) mass is 524 g/mol. The molecule has 1 aromatic heterocycles. The van der Waals surface area contributed by atoms with Crippen LogP contribution in [0.2, 0.25) is 0 Å². The summed E-state index contributed by atoms with van der Waals surface area (Å²) in [4.78, 5) is 13.9. The lowest BCUT2D eigenvalue weighted by Crippen LogP contribution is -2.35. The van der Waals surface area contributed by atoms with Crippen LogP contribution in [0.4, 0.5) is 0 Å². The third-order valence-corrected chi connectivity index (χ3v) is 10.2. The molecule has 3 heterocycles. The number of amides is 1. The topological polar surface area (TPSA) is 83.5 Å². The zero-order chi connectivity index (χ0) is 25.1. The predicted molar refractivity (Wildman–Crippen MR) is 140 cm³/mol. The third kappa shape index (κ3) is 5.38. The zero-order valence-electron chi connectivity index (χ0n) is 20.6. The summed E-state index contributed by atoms with van der Waals surface area (Å²) in [6.07, 6.45) is 6.34. The highest BCUT2D eigenvalue weighted by atomic mass is 32.2. The molecule has 1 unspecified atom stereocenters. The second-order valence-corrected chi connectivity index (χ2v) is 12.6. The Bertz CT molecular complexity index is 1320. The van der Waals surface area contributed by atoms with Crippen molar-refractivity contribution < 1.29 is 13.2 Å². The first-order valence-electron chi connectivity index (χ1n) is 12.7. The second-order valence-electron chi connectivity index (χ2n) is 9.62. The van der Waals surface area contributed by atoms with Crippen LogP contribution in [0.1, 0.15) is 65.4 Å². The smallest absolute Gasteiger partial charge is 0.243 e. The maximum Gasteiger partial charge on any atom is 0.243 e. The number of sulfonamides is 1. The van der Waals surface area contributed by atoms with Gasteiger partial charge in [-0.2, -0.15) is 4.31 Å². The minimum absolute atomic E-state index is 0.0145. The number of rotatable bonds is 8. The van der Waals surface area contributed by atoms with Crippen molar-refractivity contribution in [1.29, 1.82) is 0 Å². The van der Waals surface area contributed by atoms with Gasteiger partial charge in [-0.1, -0.05) is 47.7 Å². The van der Waals surface area contributed by atoms with E-state index in [0.29, 0.717) is 24.5 Å². The van der Waals surface area contributed by atoms with Crippen LogP contribution >= 0.6 is 11.3 Å². The van der Waals surface area contributed by atoms with E-state index in [1.807, 2.05) is 12.1 Å². The summed E-state index contributed by atoms with van der Waals surface area (Å²) in [5.74, 6) is 0.0145. The lowest BCUT2D eigenvalue weighted by Gasteiger charge is -2.29. The number of nitrogens with zero attached hydrogens (tertiary/aromatic N) is 4. The van der Waals surface area contributed by atoms with Gasteiger partial charge in [-0.25, -0.2) is 8.42 Å². The van der Waals surface area contributed by atoms with Gasteiger partial charge < -0.3 is 4.90 Å². The Kier molecular flexibility index (Phi) is 7.50. The fraction of sp³-hybridized carbons (Fsp3) is 0.444.